The molecule has 2 unspecified atom stereocenters. The van der Waals surface area contributed by atoms with Crippen LogP contribution in [0.3, 0.4) is 0 Å². The largest absolute Gasteiger partial charge is 0.352 e. The van der Waals surface area contributed by atoms with E-state index in [1.165, 1.54) is 9.21 Å². The van der Waals surface area contributed by atoms with Gasteiger partial charge < -0.3 is 10.2 Å². The van der Waals surface area contributed by atoms with Crippen molar-refractivity contribution >= 4 is 62.3 Å². The van der Waals surface area contributed by atoms with E-state index in [1.807, 2.05) is 20.8 Å². The molecule has 2 atom stereocenters. The van der Waals surface area contributed by atoms with Gasteiger partial charge >= 0.3 is 0 Å². The fraction of sp³-hybridized carbons (Fsp3) is 0.462. The Labute approximate surface area is 235 Å². The molecule has 0 heterocycles. The van der Waals surface area contributed by atoms with Crippen LogP contribution in [0, 0.1) is 0 Å². The summed E-state index contributed by atoms with van der Waals surface area (Å²) in [5.74, 6) is -0.501. The Morgan fingerprint density at radius 1 is 1.00 bits per heavy atom. The Balaban J connectivity index is 2.25. The maximum Gasteiger partial charge on any atom is 0.243 e. The molecule has 37 heavy (non-hydrogen) atoms. The third kappa shape index (κ3) is 9.36. The highest BCUT2D eigenvalue weighted by Gasteiger charge is 2.29. The van der Waals surface area contributed by atoms with E-state index in [0.717, 1.165) is 18.2 Å². The molecule has 2 aromatic carbocycles. The van der Waals surface area contributed by atoms with Gasteiger partial charge in [-0.3, -0.25) is 13.9 Å². The lowest BCUT2D eigenvalue weighted by Gasteiger charge is -2.32. The van der Waals surface area contributed by atoms with E-state index in [2.05, 4.69) is 5.32 Å². The van der Waals surface area contributed by atoms with Crippen molar-refractivity contribution in [3.63, 3.8) is 0 Å². The van der Waals surface area contributed by atoms with Gasteiger partial charge in [-0.05, 0) is 62.1 Å². The highest BCUT2D eigenvalue weighted by molar-refractivity contribution is 7.92. The van der Waals surface area contributed by atoms with Gasteiger partial charge in [-0.15, -0.1) is 0 Å². The molecule has 0 radical (unpaired) electrons. The summed E-state index contributed by atoms with van der Waals surface area (Å²) in [4.78, 5) is 28.1. The second-order valence-corrected chi connectivity index (χ2v) is 12.1. The average molecular weight is 591 g/mol. The molecule has 0 bridgehead atoms. The normalized spacial score (nSPS) is 13.1. The third-order valence-corrected chi connectivity index (χ3v) is 8.14. The van der Waals surface area contributed by atoms with Crippen molar-refractivity contribution in [2.24, 2.45) is 0 Å². The number of hydrogen-bond donors (Lipinski definition) is 1. The minimum absolute atomic E-state index is 0.0375. The number of amides is 2. The number of halogens is 3. The van der Waals surface area contributed by atoms with Crippen molar-refractivity contribution in [2.75, 3.05) is 17.1 Å². The number of sulfonamides is 1. The molecule has 7 nitrogen and oxygen atoms in total. The number of carbonyl (C=O) groups excluding carboxylic acids is 2. The van der Waals surface area contributed by atoms with Crippen LogP contribution in [0.5, 0.6) is 0 Å². The molecule has 0 spiro atoms. The van der Waals surface area contributed by atoms with Crippen molar-refractivity contribution in [1.82, 2.24) is 10.2 Å². The van der Waals surface area contributed by atoms with E-state index in [9.17, 15) is 18.0 Å². The van der Waals surface area contributed by atoms with E-state index >= 15 is 0 Å². The molecule has 0 fully saturated rings. The molecule has 0 aliphatic heterocycles. The van der Waals surface area contributed by atoms with Crippen LogP contribution < -0.4 is 9.62 Å². The van der Waals surface area contributed by atoms with Crippen LogP contribution in [0.15, 0.2) is 42.5 Å². The summed E-state index contributed by atoms with van der Waals surface area (Å²) in [6, 6.07) is 10.9. The summed E-state index contributed by atoms with van der Waals surface area (Å²) in [7, 11) is -3.60. The molecule has 0 aromatic heterocycles. The standard InChI is InChI=1S/C26H34Cl3N3O4S/c1-5-18(3)30-26(34)24(6-2)31(17-19-12-13-22(28)23(29)15-19)25(33)11-8-14-32(37(4,35)36)21-10-7-9-20(27)16-21/h7,9-10,12-13,15-16,18,24H,5-6,8,11,14,17H2,1-4H3,(H,30,34). The van der Waals surface area contributed by atoms with Crippen LogP contribution in [-0.4, -0.2) is 50.0 Å². The van der Waals surface area contributed by atoms with E-state index in [-0.39, 0.29) is 43.8 Å². The fourth-order valence-corrected chi connectivity index (χ4v) is 5.29. The maximum atomic E-state index is 13.5. The minimum atomic E-state index is -3.60. The highest BCUT2D eigenvalue weighted by Crippen LogP contribution is 2.25. The first-order chi connectivity index (χ1) is 17.4. The molecule has 11 heteroatoms. The monoisotopic (exact) mass is 589 g/mol. The van der Waals surface area contributed by atoms with Crippen LogP contribution >= 0.6 is 34.8 Å². The SMILES string of the molecule is CCC(C)NC(=O)C(CC)N(Cc1ccc(Cl)c(Cl)c1)C(=O)CCCN(c1cccc(Cl)c1)S(C)(=O)=O. The third-order valence-electron chi connectivity index (χ3n) is 5.97. The number of benzene rings is 2. The molecule has 0 aliphatic carbocycles. The summed E-state index contributed by atoms with van der Waals surface area (Å²) >= 11 is 18.3. The fourth-order valence-electron chi connectivity index (χ4n) is 3.83. The van der Waals surface area contributed by atoms with Crippen molar-refractivity contribution in [3.8, 4) is 0 Å². The zero-order valence-electron chi connectivity index (χ0n) is 21.5. The first kappa shape index (κ1) is 31.2. The van der Waals surface area contributed by atoms with Gasteiger partial charge in [-0.1, -0.05) is 60.8 Å². The highest BCUT2D eigenvalue weighted by atomic mass is 35.5. The van der Waals surface area contributed by atoms with Crippen molar-refractivity contribution < 1.29 is 18.0 Å². The summed E-state index contributed by atoms with van der Waals surface area (Å²) < 4.78 is 26.1. The minimum Gasteiger partial charge on any atom is -0.352 e. The topological polar surface area (TPSA) is 86.8 Å². The van der Waals surface area contributed by atoms with E-state index in [4.69, 9.17) is 34.8 Å². The quantitative estimate of drug-likeness (QED) is 0.314. The van der Waals surface area contributed by atoms with Crippen molar-refractivity contribution in [3.05, 3.63) is 63.1 Å². The number of carbonyl (C=O) groups is 2. The first-order valence-electron chi connectivity index (χ1n) is 12.1. The Morgan fingerprint density at radius 2 is 1.70 bits per heavy atom. The molecule has 2 rings (SSSR count). The Bertz CT molecular complexity index is 1190. The number of hydrogen-bond acceptors (Lipinski definition) is 4. The van der Waals surface area contributed by atoms with Gasteiger partial charge in [0, 0.05) is 30.6 Å². The van der Waals surface area contributed by atoms with Gasteiger partial charge in [0.05, 0.1) is 22.0 Å². The number of anilines is 1. The van der Waals surface area contributed by atoms with Gasteiger partial charge in [0.1, 0.15) is 6.04 Å². The first-order valence-corrected chi connectivity index (χ1v) is 15.1. The lowest BCUT2D eigenvalue weighted by atomic mass is 10.1. The lowest BCUT2D eigenvalue weighted by Crippen LogP contribution is -2.50. The van der Waals surface area contributed by atoms with Gasteiger partial charge in [-0.2, -0.15) is 0 Å². The van der Waals surface area contributed by atoms with Crippen molar-refractivity contribution in [1.29, 1.82) is 0 Å². The summed E-state index contributed by atoms with van der Waals surface area (Å²) in [5, 5.41) is 4.12. The Kier molecular flexibility index (Phi) is 12.0. The smallest absolute Gasteiger partial charge is 0.243 e. The van der Waals surface area contributed by atoms with Crippen LogP contribution in [-0.2, 0) is 26.2 Å². The Hall–Kier alpha value is -2.00. The van der Waals surface area contributed by atoms with Crippen LogP contribution in [0.2, 0.25) is 15.1 Å². The van der Waals surface area contributed by atoms with Crippen molar-refractivity contribution in [2.45, 2.75) is 65.1 Å². The van der Waals surface area contributed by atoms with Gasteiger partial charge in [0.2, 0.25) is 21.8 Å². The predicted octanol–water partition coefficient (Wildman–Crippen LogP) is 5.92. The molecular weight excluding hydrogens is 557 g/mol. The summed E-state index contributed by atoms with van der Waals surface area (Å²) in [6.07, 6.45) is 2.57. The van der Waals surface area contributed by atoms with Gasteiger partial charge in [-0.25, -0.2) is 8.42 Å². The number of rotatable bonds is 13. The molecule has 2 aromatic rings. The molecular formula is C26H34Cl3N3O4S. The predicted molar refractivity (Wildman–Crippen MR) is 152 cm³/mol. The summed E-state index contributed by atoms with van der Waals surface area (Å²) in [5.41, 5.74) is 1.16. The van der Waals surface area contributed by atoms with Gasteiger partial charge in [0.15, 0.2) is 0 Å². The molecule has 204 valence electrons. The zero-order chi connectivity index (χ0) is 27.8. The second kappa shape index (κ2) is 14.2. The van der Waals surface area contributed by atoms with Crippen LogP contribution in [0.4, 0.5) is 5.69 Å². The van der Waals surface area contributed by atoms with Crippen LogP contribution in [0.1, 0.15) is 52.0 Å². The van der Waals surface area contributed by atoms with Gasteiger partial charge in [0.25, 0.3) is 0 Å². The Morgan fingerprint density at radius 3 is 2.27 bits per heavy atom. The molecule has 1 N–H and O–H groups in total. The summed E-state index contributed by atoms with van der Waals surface area (Å²) in [6.45, 7) is 5.97. The van der Waals surface area contributed by atoms with E-state index < -0.39 is 16.1 Å². The van der Waals surface area contributed by atoms with E-state index in [1.54, 1.807) is 42.5 Å². The maximum absolute atomic E-state index is 13.5. The molecule has 0 saturated heterocycles. The molecule has 0 saturated carbocycles. The second-order valence-electron chi connectivity index (χ2n) is 8.93. The number of nitrogens with one attached hydrogen (secondary N) is 1. The number of nitrogens with zero attached hydrogens (tertiary/aromatic N) is 2. The van der Waals surface area contributed by atoms with E-state index in [0.29, 0.717) is 27.2 Å². The molecule has 0 aliphatic rings. The lowest BCUT2D eigenvalue weighted by molar-refractivity contribution is -0.141. The average Bonchev–Trinajstić information content (AvgIpc) is 2.82. The van der Waals surface area contributed by atoms with Crippen LogP contribution in [0.25, 0.3) is 0 Å². The zero-order valence-corrected chi connectivity index (χ0v) is 24.6. The molecule has 2 amide bonds.